The molecule has 0 aliphatic rings. The molecule has 0 fully saturated rings. The van der Waals surface area contributed by atoms with Crippen LogP contribution in [0.2, 0.25) is 0 Å². The zero-order valence-electron chi connectivity index (χ0n) is 11.9. The average molecular weight is 297 g/mol. The van der Waals surface area contributed by atoms with Crippen molar-refractivity contribution >= 4 is 21.7 Å². The highest BCUT2D eigenvalue weighted by Gasteiger charge is 2.44. The van der Waals surface area contributed by atoms with E-state index in [2.05, 4.69) is 19.6 Å². The van der Waals surface area contributed by atoms with Crippen molar-refractivity contribution in [3.05, 3.63) is 0 Å². The minimum atomic E-state index is -2.90. The van der Waals surface area contributed by atoms with Gasteiger partial charge < -0.3 is 17.7 Å². The van der Waals surface area contributed by atoms with E-state index in [-0.39, 0.29) is 0 Å². The minimum absolute atomic E-state index is 0.548. The molecule has 0 aromatic heterocycles. The molecule has 4 nitrogen and oxygen atoms in total. The van der Waals surface area contributed by atoms with E-state index < -0.39 is 9.05 Å². The van der Waals surface area contributed by atoms with Gasteiger partial charge in [-0.3, -0.25) is 0 Å². The van der Waals surface area contributed by atoms with Crippen LogP contribution in [0.4, 0.5) is 0 Å². The third kappa shape index (κ3) is 8.50. The maximum atomic E-state index is 5.81. The van der Waals surface area contributed by atoms with Crippen molar-refractivity contribution < 1.29 is 17.7 Å². The predicted octanol–water partition coefficient (Wildman–Crippen LogP) is 3.04. The third-order valence-corrected chi connectivity index (χ3v) is 4.92. The Kier molecular flexibility index (Phi) is 12.7. The minimum Gasteiger partial charge on any atom is -0.351 e. The monoisotopic (exact) mass is 296 g/mol. The highest BCUT2D eigenvalue weighted by molar-refractivity contribution is 7.80. The predicted molar refractivity (Wildman–Crippen MR) is 78.9 cm³/mol. The molecule has 0 heterocycles. The summed E-state index contributed by atoms with van der Waals surface area (Å²) in [6.45, 7) is 8.26. The van der Waals surface area contributed by atoms with E-state index in [0.717, 1.165) is 31.4 Å². The molecule has 0 saturated heterocycles. The summed E-state index contributed by atoms with van der Waals surface area (Å²) in [6, 6.07) is 0. The molecule has 0 aliphatic heterocycles. The van der Waals surface area contributed by atoms with E-state index in [0.29, 0.717) is 26.4 Å². The standard InChI is InChI=1S/C12H28O4SSi/c1-4-10-15-18(13-5-2,14-6-3)16-11-8-7-9-12-17/h17H,4-12H2,1-3H3. The second-order valence-corrected chi connectivity index (χ2v) is 6.45. The highest BCUT2D eigenvalue weighted by atomic mass is 32.1. The summed E-state index contributed by atoms with van der Waals surface area (Å²) >= 11 is 4.19. The van der Waals surface area contributed by atoms with Gasteiger partial charge in [0.2, 0.25) is 0 Å². The van der Waals surface area contributed by atoms with Crippen molar-refractivity contribution in [3.63, 3.8) is 0 Å². The number of rotatable bonds is 13. The zero-order valence-corrected chi connectivity index (χ0v) is 13.8. The van der Waals surface area contributed by atoms with Crippen LogP contribution in [0.25, 0.3) is 0 Å². The molecule has 0 N–H and O–H groups in total. The van der Waals surface area contributed by atoms with Crippen LogP contribution in [0.1, 0.15) is 46.5 Å². The van der Waals surface area contributed by atoms with Gasteiger partial charge in [0.25, 0.3) is 0 Å². The highest BCUT2D eigenvalue weighted by Crippen LogP contribution is 2.13. The SMILES string of the molecule is CCCO[Si](OCC)(OCC)OCCCCCS. The van der Waals surface area contributed by atoms with Gasteiger partial charge in [0.1, 0.15) is 0 Å². The van der Waals surface area contributed by atoms with Gasteiger partial charge in [-0.1, -0.05) is 13.3 Å². The summed E-state index contributed by atoms with van der Waals surface area (Å²) in [4.78, 5) is 0. The summed E-state index contributed by atoms with van der Waals surface area (Å²) in [6.07, 6.45) is 4.14. The molecule has 0 aromatic carbocycles. The van der Waals surface area contributed by atoms with Gasteiger partial charge in [0.05, 0.1) is 0 Å². The maximum absolute atomic E-state index is 5.81. The van der Waals surface area contributed by atoms with Crippen molar-refractivity contribution in [2.75, 3.05) is 32.2 Å². The molecule has 0 aromatic rings. The van der Waals surface area contributed by atoms with Gasteiger partial charge >= 0.3 is 9.05 Å². The second kappa shape index (κ2) is 12.4. The first-order chi connectivity index (χ1) is 8.74. The number of unbranched alkanes of at least 4 members (excludes halogenated alkanes) is 2. The lowest BCUT2D eigenvalue weighted by Gasteiger charge is -2.27. The lowest BCUT2D eigenvalue weighted by atomic mass is 10.3. The molecule has 0 saturated carbocycles. The topological polar surface area (TPSA) is 36.9 Å². The largest absolute Gasteiger partial charge is 0.679 e. The molecule has 18 heavy (non-hydrogen) atoms. The number of hydrogen-bond acceptors (Lipinski definition) is 5. The first kappa shape index (κ1) is 18.4. The molecule has 0 bridgehead atoms. The average Bonchev–Trinajstić information content (AvgIpc) is 2.37. The normalized spacial score (nSPS) is 12.0. The third-order valence-electron chi connectivity index (χ3n) is 2.21. The van der Waals surface area contributed by atoms with Crippen molar-refractivity contribution in [1.29, 1.82) is 0 Å². The van der Waals surface area contributed by atoms with Crippen LogP contribution in [0, 0.1) is 0 Å². The van der Waals surface area contributed by atoms with Crippen LogP contribution in [0.15, 0.2) is 0 Å². The Hall–Kier alpha value is 0.407. The zero-order chi connectivity index (χ0) is 13.7. The van der Waals surface area contributed by atoms with E-state index in [4.69, 9.17) is 17.7 Å². The van der Waals surface area contributed by atoms with E-state index >= 15 is 0 Å². The Morgan fingerprint density at radius 2 is 1.39 bits per heavy atom. The van der Waals surface area contributed by atoms with Gasteiger partial charge in [-0.25, -0.2) is 0 Å². The molecule has 0 aliphatic carbocycles. The Bertz CT molecular complexity index is 177. The Labute approximate surface area is 118 Å². The van der Waals surface area contributed by atoms with Crippen LogP contribution < -0.4 is 0 Å². The lowest BCUT2D eigenvalue weighted by molar-refractivity contribution is -0.0305. The van der Waals surface area contributed by atoms with Crippen molar-refractivity contribution in [3.8, 4) is 0 Å². The fourth-order valence-electron chi connectivity index (χ4n) is 1.42. The fraction of sp³-hybridized carbons (Fsp3) is 1.00. The molecule has 0 rings (SSSR count). The molecule has 0 atom stereocenters. The number of hydrogen-bond donors (Lipinski definition) is 1. The van der Waals surface area contributed by atoms with Crippen molar-refractivity contribution in [1.82, 2.24) is 0 Å². The quantitative estimate of drug-likeness (QED) is 0.322. The summed E-state index contributed by atoms with van der Waals surface area (Å²) in [5.74, 6) is 0.922. The molecule has 0 unspecified atom stereocenters. The Morgan fingerprint density at radius 3 is 1.89 bits per heavy atom. The van der Waals surface area contributed by atoms with Crippen molar-refractivity contribution in [2.24, 2.45) is 0 Å². The second-order valence-electron chi connectivity index (χ2n) is 3.85. The van der Waals surface area contributed by atoms with E-state index in [1.807, 2.05) is 13.8 Å². The molecule has 0 radical (unpaired) electrons. The van der Waals surface area contributed by atoms with E-state index in [9.17, 15) is 0 Å². The molecule has 0 amide bonds. The Morgan fingerprint density at radius 1 is 0.778 bits per heavy atom. The summed E-state index contributed by atoms with van der Waals surface area (Å²) in [5.41, 5.74) is 0. The van der Waals surface area contributed by atoms with Crippen LogP contribution in [0.3, 0.4) is 0 Å². The van der Waals surface area contributed by atoms with E-state index in [1.165, 1.54) is 0 Å². The molecule has 6 heteroatoms. The first-order valence-electron chi connectivity index (χ1n) is 6.91. The van der Waals surface area contributed by atoms with Crippen LogP contribution in [0.5, 0.6) is 0 Å². The Balaban J connectivity index is 4.14. The molecule has 0 spiro atoms. The van der Waals surface area contributed by atoms with Crippen LogP contribution in [-0.2, 0) is 17.7 Å². The molecule has 110 valence electrons. The first-order valence-corrected chi connectivity index (χ1v) is 9.17. The lowest BCUT2D eigenvalue weighted by Crippen LogP contribution is -2.49. The van der Waals surface area contributed by atoms with Crippen LogP contribution in [-0.4, -0.2) is 41.2 Å². The van der Waals surface area contributed by atoms with Gasteiger partial charge in [0, 0.05) is 26.4 Å². The van der Waals surface area contributed by atoms with Crippen LogP contribution >= 0.6 is 12.6 Å². The maximum Gasteiger partial charge on any atom is 0.679 e. The summed E-state index contributed by atoms with van der Waals surface area (Å²) < 4.78 is 22.8. The molecular weight excluding hydrogens is 268 g/mol. The van der Waals surface area contributed by atoms with Crippen molar-refractivity contribution in [2.45, 2.75) is 46.5 Å². The number of thiol groups is 1. The van der Waals surface area contributed by atoms with Gasteiger partial charge in [0.15, 0.2) is 0 Å². The van der Waals surface area contributed by atoms with E-state index in [1.54, 1.807) is 0 Å². The van der Waals surface area contributed by atoms with Gasteiger partial charge in [-0.05, 0) is 38.9 Å². The molecular formula is C12H28O4SSi. The summed E-state index contributed by atoms with van der Waals surface area (Å²) in [5, 5.41) is 0. The summed E-state index contributed by atoms with van der Waals surface area (Å²) in [7, 11) is -2.90. The fourth-order valence-corrected chi connectivity index (χ4v) is 3.70. The van der Waals surface area contributed by atoms with Gasteiger partial charge in [-0.15, -0.1) is 0 Å². The smallest absolute Gasteiger partial charge is 0.351 e. The van der Waals surface area contributed by atoms with Gasteiger partial charge in [-0.2, -0.15) is 12.6 Å².